The molecule has 8 nitrogen and oxygen atoms in total. The summed E-state index contributed by atoms with van der Waals surface area (Å²) in [6, 6.07) is 9.34. The molecule has 2 aromatic heterocycles. The second-order valence-corrected chi connectivity index (χ2v) is 8.24. The molecule has 5 rings (SSSR count). The number of rotatable bonds is 3. The van der Waals surface area contributed by atoms with Crippen LogP contribution in [0, 0.1) is 5.41 Å². The molecule has 1 saturated heterocycles. The number of hydrogen-bond donors (Lipinski definition) is 1. The van der Waals surface area contributed by atoms with E-state index in [-0.39, 0.29) is 40.1 Å². The van der Waals surface area contributed by atoms with Gasteiger partial charge in [-0.05, 0) is 42.2 Å². The van der Waals surface area contributed by atoms with Crippen molar-refractivity contribution in [3.8, 4) is 0 Å². The summed E-state index contributed by atoms with van der Waals surface area (Å²) in [5.74, 6) is -0.455. The van der Waals surface area contributed by atoms with Crippen molar-refractivity contribution in [2.24, 2.45) is 12.5 Å². The van der Waals surface area contributed by atoms with E-state index >= 15 is 0 Å². The molecule has 1 aliphatic carbocycles. The van der Waals surface area contributed by atoms with Crippen LogP contribution in [0.15, 0.2) is 52.2 Å². The van der Waals surface area contributed by atoms with E-state index in [0.29, 0.717) is 13.1 Å². The topological polar surface area (TPSA) is 97.4 Å². The number of nitrogens with one attached hydrogen (secondary N) is 1. The van der Waals surface area contributed by atoms with Crippen molar-refractivity contribution in [3.05, 3.63) is 64.6 Å². The molecule has 3 aromatic rings. The number of oxazole rings is 1. The molecule has 1 spiro atoms. The van der Waals surface area contributed by atoms with Crippen LogP contribution in [0.5, 0.6) is 0 Å². The minimum absolute atomic E-state index is 0.0323. The molecule has 1 aromatic carbocycles. The largest absolute Gasteiger partial charge is 0.451 e. The fourth-order valence-electron chi connectivity index (χ4n) is 4.56. The van der Waals surface area contributed by atoms with E-state index in [1.807, 2.05) is 24.3 Å². The van der Waals surface area contributed by atoms with Gasteiger partial charge in [-0.25, -0.2) is 4.98 Å². The number of piperidine rings is 1. The number of likely N-dealkylation sites (tertiary alicyclic amines) is 1. The molecule has 1 unspecified atom stereocenters. The standard InChI is InChI=1S/C22H22N4O4/c1-25-17-5-3-2-4-14(17)10-15(20(25)28)21(29)26-8-6-22(7-9-26)11-18(22)24-19(27)16-12-30-13-23-16/h2-5,10,12-13,18H,6-9,11H2,1H3,(H,24,27). The summed E-state index contributed by atoms with van der Waals surface area (Å²) in [5, 5.41) is 3.88. The third-order valence-corrected chi connectivity index (χ3v) is 6.57. The lowest BCUT2D eigenvalue weighted by Crippen LogP contribution is -2.43. The first kappa shape index (κ1) is 18.6. The van der Waals surface area contributed by atoms with Gasteiger partial charge in [-0.1, -0.05) is 18.2 Å². The fraction of sp³-hybridized carbons (Fsp3) is 0.364. The monoisotopic (exact) mass is 406 g/mol. The maximum Gasteiger partial charge on any atom is 0.273 e. The van der Waals surface area contributed by atoms with E-state index in [4.69, 9.17) is 4.42 Å². The van der Waals surface area contributed by atoms with Crippen LogP contribution in [0.3, 0.4) is 0 Å². The molecule has 154 valence electrons. The highest BCUT2D eigenvalue weighted by atomic mass is 16.3. The van der Waals surface area contributed by atoms with Gasteiger partial charge in [-0.2, -0.15) is 0 Å². The number of aromatic nitrogens is 2. The number of amides is 2. The predicted molar refractivity (Wildman–Crippen MR) is 109 cm³/mol. The number of benzene rings is 1. The summed E-state index contributed by atoms with van der Waals surface area (Å²) < 4.78 is 6.39. The maximum absolute atomic E-state index is 13.1. The molecule has 2 aliphatic rings. The van der Waals surface area contributed by atoms with Gasteiger partial charge in [0.1, 0.15) is 11.8 Å². The Balaban J connectivity index is 1.27. The Morgan fingerprint density at radius 1 is 1.23 bits per heavy atom. The van der Waals surface area contributed by atoms with Gasteiger partial charge in [0, 0.05) is 26.2 Å². The minimum Gasteiger partial charge on any atom is -0.451 e. The van der Waals surface area contributed by atoms with Crippen molar-refractivity contribution in [1.82, 2.24) is 19.8 Å². The van der Waals surface area contributed by atoms with E-state index in [1.54, 1.807) is 18.0 Å². The average Bonchev–Trinajstić information content (AvgIpc) is 3.17. The van der Waals surface area contributed by atoms with Gasteiger partial charge in [0.15, 0.2) is 12.1 Å². The molecular weight excluding hydrogens is 384 g/mol. The Bertz CT molecular complexity index is 1190. The van der Waals surface area contributed by atoms with Crippen LogP contribution in [-0.4, -0.2) is 45.4 Å². The molecule has 3 heterocycles. The molecule has 0 bridgehead atoms. The highest BCUT2D eigenvalue weighted by molar-refractivity contribution is 5.97. The quantitative estimate of drug-likeness (QED) is 0.717. The molecule has 2 fully saturated rings. The molecule has 2 amide bonds. The highest BCUT2D eigenvalue weighted by Crippen LogP contribution is 2.54. The van der Waals surface area contributed by atoms with E-state index < -0.39 is 0 Å². The first-order chi connectivity index (χ1) is 14.5. The van der Waals surface area contributed by atoms with Crippen molar-refractivity contribution < 1.29 is 14.0 Å². The van der Waals surface area contributed by atoms with E-state index in [1.165, 1.54) is 17.2 Å². The number of pyridine rings is 1. The molecule has 1 saturated carbocycles. The number of carbonyl (C=O) groups is 2. The maximum atomic E-state index is 13.1. The zero-order chi connectivity index (χ0) is 20.9. The number of hydrogen-bond acceptors (Lipinski definition) is 5. The van der Waals surface area contributed by atoms with Crippen molar-refractivity contribution in [3.63, 3.8) is 0 Å². The number of carbonyl (C=O) groups excluding carboxylic acids is 2. The summed E-state index contributed by atoms with van der Waals surface area (Å²) in [5.41, 5.74) is 1.05. The molecular formula is C22H22N4O4. The highest BCUT2D eigenvalue weighted by Gasteiger charge is 2.56. The lowest BCUT2D eigenvalue weighted by atomic mass is 9.92. The Labute approximate surface area is 172 Å². The van der Waals surface area contributed by atoms with Crippen LogP contribution >= 0.6 is 0 Å². The van der Waals surface area contributed by atoms with Crippen LogP contribution in [0.1, 0.15) is 40.1 Å². The fourth-order valence-corrected chi connectivity index (χ4v) is 4.56. The van der Waals surface area contributed by atoms with Crippen LogP contribution in [0.2, 0.25) is 0 Å². The summed E-state index contributed by atoms with van der Waals surface area (Å²) in [7, 11) is 1.69. The Hall–Kier alpha value is -3.42. The van der Waals surface area contributed by atoms with Gasteiger partial charge in [0.25, 0.3) is 17.4 Å². The third-order valence-electron chi connectivity index (χ3n) is 6.57. The molecule has 8 heteroatoms. The van der Waals surface area contributed by atoms with Crippen molar-refractivity contribution in [1.29, 1.82) is 0 Å². The summed E-state index contributed by atoms with van der Waals surface area (Å²) >= 11 is 0. The third kappa shape index (κ3) is 2.99. The van der Waals surface area contributed by atoms with E-state index in [2.05, 4.69) is 10.3 Å². The van der Waals surface area contributed by atoms with E-state index in [0.717, 1.165) is 30.2 Å². The van der Waals surface area contributed by atoms with Gasteiger partial charge in [0.05, 0.1) is 5.52 Å². The second-order valence-electron chi connectivity index (χ2n) is 8.24. The molecule has 30 heavy (non-hydrogen) atoms. The van der Waals surface area contributed by atoms with Gasteiger partial charge in [-0.15, -0.1) is 0 Å². The summed E-state index contributed by atoms with van der Waals surface area (Å²) in [6.45, 7) is 1.15. The smallest absolute Gasteiger partial charge is 0.273 e. The van der Waals surface area contributed by atoms with Gasteiger partial charge in [-0.3, -0.25) is 14.4 Å². The Kier molecular flexibility index (Phi) is 4.23. The lowest BCUT2D eigenvalue weighted by Gasteiger charge is -2.33. The Morgan fingerprint density at radius 3 is 2.73 bits per heavy atom. The summed E-state index contributed by atoms with van der Waals surface area (Å²) in [6.07, 6.45) is 5.07. The van der Waals surface area contributed by atoms with E-state index in [9.17, 15) is 14.4 Å². The number of aryl methyl sites for hydroxylation is 1. The lowest BCUT2D eigenvalue weighted by molar-refractivity contribution is 0.0665. The zero-order valence-corrected chi connectivity index (χ0v) is 16.6. The van der Waals surface area contributed by atoms with Crippen LogP contribution in [0.25, 0.3) is 10.9 Å². The molecule has 0 radical (unpaired) electrons. The first-order valence-electron chi connectivity index (χ1n) is 10.1. The SMILES string of the molecule is Cn1c(=O)c(C(=O)N2CCC3(CC2)CC3NC(=O)c2cocn2)cc2ccccc21. The second kappa shape index (κ2) is 6.83. The van der Waals surface area contributed by atoms with Crippen LogP contribution in [0.4, 0.5) is 0 Å². The van der Waals surface area contributed by atoms with Crippen molar-refractivity contribution >= 4 is 22.7 Å². The molecule has 1 N–H and O–H groups in total. The first-order valence-corrected chi connectivity index (χ1v) is 10.1. The summed E-state index contributed by atoms with van der Waals surface area (Å²) in [4.78, 5) is 43.6. The van der Waals surface area contributed by atoms with Crippen LogP contribution < -0.4 is 10.9 Å². The minimum atomic E-state index is -0.275. The van der Waals surface area contributed by atoms with Gasteiger partial charge >= 0.3 is 0 Å². The van der Waals surface area contributed by atoms with Crippen molar-refractivity contribution in [2.75, 3.05) is 13.1 Å². The number of para-hydroxylation sites is 1. The van der Waals surface area contributed by atoms with Gasteiger partial charge < -0.3 is 19.2 Å². The molecule has 1 atom stereocenters. The average molecular weight is 406 g/mol. The predicted octanol–water partition coefficient (Wildman–Crippen LogP) is 1.95. The van der Waals surface area contributed by atoms with Crippen molar-refractivity contribution in [2.45, 2.75) is 25.3 Å². The normalized spacial score (nSPS) is 19.8. The molecule has 1 aliphatic heterocycles. The Morgan fingerprint density at radius 2 is 2.00 bits per heavy atom. The number of nitrogens with zero attached hydrogens (tertiary/aromatic N) is 3. The zero-order valence-electron chi connectivity index (χ0n) is 16.6. The van der Waals surface area contributed by atoms with Crippen LogP contribution in [-0.2, 0) is 7.05 Å². The van der Waals surface area contributed by atoms with Gasteiger partial charge in [0.2, 0.25) is 0 Å². The number of fused-ring (bicyclic) bond motifs is 1.